The highest BCUT2D eigenvalue weighted by Crippen LogP contribution is 2.21. The quantitative estimate of drug-likeness (QED) is 0.751. The number of nitrogens with zero attached hydrogens (tertiary/aromatic N) is 1. The first-order valence-electron chi connectivity index (χ1n) is 6.69. The summed E-state index contributed by atoms with van der Waals surface area (Å²) in [7, 11) is 0. The van der Waals surface area contributed by atoms with Crippen LogP contribution in [0, 0.1) is 6.92 Å². The maximum atomic E-state index is 12.4. The van der Waals surface area contributed by atoms with Crippen molar-refractivity contribution in [1.29, 1.82) is 0 Å². The first-order valence-corrected chi connectivity index (χ1v) is 6.69. The predicted molar refractivity (Wildman–Crippen MR) is 81.5 cm³/mol. The molecule has 6 heteroatoms. The number of amides is 1. The Bertz CT molecular complexity index is 686. The molecule has 0 bridgehead atoms. The molecule has 0 aromatic carbocycles. The van der Waals surface area contributed by atoms with Crippen LogP contribution in [0.5, 0.6) is 0 Å². The molecule has 0 atom stereocenters. The number of ketones is 1. The zero-order valence-electron chi connectivity index (χ0n) is 12.3. The number of hydrogen-bond acceptors (Lipinski definition) is 4. The lowest BCUT2D eigenvalue weighted by molar-refractivity contribution is 0.101. The maximum absolute atomic E-state index is 12.4. The number of nitrogens with one attached hydrogen (secondary N) is 2. The standard InChI is InChI=1S/C15H18N4O2/c1-4-11-13(9(3)20)8(2)18-14(11)15(21)19-10-5-6-12(16)17-7-10/h5-7,18H,4H2,1-3H3,(H2,16,17)(H,19,21). The van der Waals surface area contributed by atoms with E-state index in [2.05, 4.69) is 15.3 Å². The van der Waals surface area contributed by atoms with Crippen LogP contribution in [0.15, 0.2) is 18.3 Å². The lowest BCUT2D eigenvalue weighted by Crippen LogP contribution is -2.15. The van der Waals surface area contributed by atoms with Crippen LogP contribution in [0.3, 0.4) is 0 Å². The first-order chi connectivity index (χ1) is 9.93. The van der Waals surface area contributed by atoms with Crippen LogP contribution >= 0.6 is 0 Å². The maximum Gasteiger partial charge on any atom is 0.272 e. The molecule has 0 aliphatic carbocycles. The van der Waals surface area contributed by atoms with E-state index < -0.39 is 0 Å². The van der Waals surface area contributed by atoms with E-state index in [1.54, 1.807) is 19.1 Å². The number of aryl methyl sites for hydroxylation is 1. The Balaban J connectivity index is 2.33. The Morgan fingerprint density at radius 3 is 2.62 bits per heavy atom. The minimum absolute atomic E-state index is 0.0474. The van der Waals surface area contributed by atoms with Crippen LogP contribution in [0.25, 0.3) is 0 Å². The molecule has 21 heavy (non-hydrogen) atoms. The lowest BCUT2D eigenvalue weighted by Gasteiger charge is -2.06. The summed E-state index contributed by atoms with van der Waals surface area (Å²) in [6, 6.07) is 3.28. The normalized spacial score (nSPS) is 10.4. The summed E-state index contributed by atoms with van der Waals surface area (Å²) >= 11 is 0. The third-order valence-electron chi connectivity index (χ3n) is 3.27. The molecule has 0 saturated carbocycles. The summed E-state index contributed by atoms with van der Waals surface area (Å²) < 4.78 is 0. The van der Waals surface area contributed by atoms with E-state index in [0.29, 0.717) is 34.9 Å². The fraction of sp³-hybridized carbons (Fsp3) is 0.267. The summed E-state index contributed by atoms with van der Waals surface area (Å²) in [5.41, 5.74) is 8.51. The lowest BCUT2D eigenvalue weighted by atomic mass is 10.0. The number of carbonyl (C=O) groups is 2. The van der Waals surface area contributed by atoms with Crippen molar-refractivity contribution in [2.45, 2.75) is 27.2 Å². The minimum atomic E-state index is -0.297. The fourth-order valence-corrected chi connectivity index (χ4v) is 2.37. The molecule has 2 heterocycles. The molecule has 6 nitrogen and oxygen atoms in total. The van der Waals surface area contributed by atoms with Gasteiger partial charge in [-0.3, -0.25) is 9.59 Å². The second kappa shape index (κ2) is 5.78. The highest BCUT2D eigenvalue weighted by Gasteiger charge is 2.21. The molecule has 0 saturated heterocycles. The van der Waals surface area contributed by atoms with Crippen molar-refractivity contribution in [2.24, 2.45) is 0 Å². The van der Waals surface area contributed by atoms with E-state index >= 15 is 0 Å². The zero-order valence-corrected chi connectivity index (χ0v) is 12.3. The van der Waals surface area contributed by atoms with Gasteiger partial charge in [-0.15, -0.1) is 0 Å². The molecule has 2 rings (SSSR count). The zero-order chi connectivity index (χ0) is 15.6. The fourth-order valence-electron chi connectivity index (χ4n) is 2.37. The number of nitrogen functional groups attached to an aromatic ring is 1. The molecule has 4 N–H and O–H groups in total. The van der Waals surface area contributed by atoms with Gasteiger partial charge in [-0.05, 0) is 38.0 Å². The molecule has 0 fully saturated rings. The van der Waals surface area contributed by atoms with Crippen LogP contribution in [0.2, 0.25) is 0 Å². The number of Topliss-reactive ketones (excluding diaryl/α,β-unsaturated/α-hetero) is 1. The SMILES string of the molecule is CCc1c(C(=O)Nc2ccc(N)nc2)[nH]c(C)c1C(C)=O. The molecule has 1 amide bonds. The van der Waals surface area contributed by atoms with Gasteiger partial charge in [0.25, 0.3) is 5.91 Å². The monoisotopic (exact) mass is 286 g/mol. The third-order valence-corrected chi connectivity index (χ3v) is 3.27. The molecular formula is C15H18N4O2. The number of hydrogen-bond donors (Lipinski definition) is 3. The van der Waals surface area contributed by atoms with Crippen LogP contribution in [-0.2, 0) is 6.42 Å². The van der Waals surface area contributed by atoms with Crippen molar-refractivity contribution in [3.63, 3.8) is 0 Å². The van der Waals surface area contributed by atoms with Crippen molar-refractivity contribution in [2.75, 3.05) is 11.1 Å². The molecule has 110 valence electrons. The van der Waals surface area contributed by atoms with E-state index in [1.165, 1.54) is 13.1 Å². The van der Waals surface area contributed by atoms with Crippen molar-refractivity contribution in [3.8, 4) is 0 Å². The molecule has 2 aromatic heterocycles. The largest absolute Gasteiger partial charge is 0.384 e. The van der Waals surface area contributed by atoms with Crippen LogP contribution < -0.4 is 11.1 Å². The molecular weight excluding hydrogens is 268 g/mol. The molecule has 0 aliphatic heterocycles. The van der Waals surface area contributed by atoms with Crippen molar-refractivity contribution >= 4 is 23.2 Å². The van der Waals surface area contributed by atoms with Gasteiger partial charge in [0, 0.05) is 11.3 Å². The van der Waals surface area contributed by atoms with E-state index in [4.69, 9.17) is 5.73 Å². The van der Waals surface area contributed by atoms with Gasteiger partial charge >= 0.3 is 0 Å². The number of pyridine rings is 1. The predicted octanol–water partition coefficient (Wildman–Crippen LogP) is 2.32. The molecule has 0 radical (unpaired) electrons. The van der Waals surface area contributed by atoms with E-state index in [9.17, 15) is 9.59 Å². The van der Waals surface area contributed by atoms with Gasteiger partial charge in [-0.2, -0.15) is 0 Å². The topological polar surface area (TPSA) is 101 Å². The Labute approximate surface area is 122 Å². The summed E-state index contributed by atoms with van der Waals surface area (Å²) in [5, 5.41) is 2.74. The average Bonchev–Trinajstić information content (AvgIpc) is 2.78. The van der Waals surface area contributed by atoms with Gasteiger partial charge in [-0.1, -0.05) is 6.92 Å². The smallest absolute Gasteiger partial charge is 0.272 e. The first kappa shape index (κ1) is 14.8. The van der Waals surface area contributed by atoms with E-state index in [1.807, 2.05) is 6.92 Å². The summed E-state index contributed by atoms with van der Waals surface area (Å²) in [6.07, 6.45) is 2.09. The van der Waals surface area contributed by atoms with E-state index in [0.717, 1.165) is 5.56 Å². The van der Waals surface area contributed by atoms with Gasteiger partial charge in [0.2, 0.25) is 0 Å². The Kier molecular flexibility index (Phi) is 4.07. The molecule has 0 unspecified atom stereocenters. The number of nitrogens with two attached hydrogens (primary N) is 1. The van der Waals surface area contributed by atoms with Gasteiger partial charge < -0.3 is 16.0 Å². The summed E-state index contributed by atoms with van der Waals surface area (Å²) in [4.78, 5) is 31.0. The molecule has 0 spiro atoms. The van der Waals surface area contributed by atoms with Crippen LogP contribution in [0.4, 0.5) is 11.5 Å². The number of aromatic amines is 1. The second-order valence-electron chi connectivity index (χ2n) is 4.81. The van der Waals surface area contributed by atoms with Gasteiger partial charge in [0.1, 0.15) is 11.5 Å². The number of anilines is 2. The Hall–Kier alpha value is -2.63. The highest BCUT2D eigenvalue weighted by atomic mass is 16.2. The summed E-state index contributed by atoms with van der Waals surface area (Å²) in [6.45, 7) is 5.20. The van der Waals surface area contributed by atoms with Crippen LogP contribution in [-0.4, -0.2) is 21.7 Å². The van der Waals surface area contributed by atoms with Gasteiger partial charge in [0.15, 0.2) is 5.78 Å². The summed E-state index contributed by atoms with van der Waals surface area (Å²) in [5.74, 6) is 0.0413. The third kappa shape index (κ3) is 2.94. The van der Waals surface area contributed by atoms with Gasteiger partial charge in [0.05, 0.1) is 11.9 Å². The number of carbonyl (C=O) groups excluding carboxylic acids is 2. The number of H-pyrrole nitrogens is 1. The van der Waals surface area contributed by atoms with Crippen molar-refractivity contribution < 1.29 is 9.59 Å². The van der Waals surface area contributed by atoms with E-state index in [-0.39, 0.29) is 11.7 Å². The van der Waals surface area contributed by atoms with Crippen LogP contribution in [0.1, 0.15) is 46.0 Å². The average molecular weight is 286 g/mol. The van der Waals surface area contributed by atoms with Crippen molar-refractivity contribution in [1.82, 2.24) is 9.97 Å². The highest BCUT2D eigenvalue weighted by molar-refractivity contribution is 6.07. The molecule has 0 aliphatic rings. The number of rotatable bonds is 4. The van der Waals surface area contributed by atoms with Crippen molar-refractivity contribution in [3.05, 3.63) is 40.8 Å². The Morgan fingerprint density at radius 1 is 1.38 bits per heavy atom. The Morgan fingerprint density at radius 2 is 2.10 bits per heavy atom. The second-order valence-corrected chi connectivity index (χ2v) is 4.81. The number of aromatic nitrogens is 2. The van der Waals surface area contributed by atoms with Gasteiger partial charge in [-0.25, -0.2) is 4.98 Å². The molecule has 2 aromatic rings. The minimum Gasteiger partial charge on any atom is -0.384 e.